The summed E-state index contributed by atoms with van der Waals surface area (Å²) in [7, 11) is 0. The zero-order valence-electron chi connectivity index (χ0n) is 20.2. The minimum atomic E-state index is -0.983. The van der Waals surface area contributed by atoms with Gasteiger partial charge in [-0.2, -0.15) is 0 Å². The lowest BCUT2D eigenvalue weighted by Crippen LogP contribution is -2.34. The predicted octanol–water partition coefficient (Wildman–Crippen LogP) is 4.65. The molecular weight excluding hydrogens is 440 g/mol. The zero-order chi connectivity index (χ0) is 24.5. The van der Waals surface area contributed by atoms with Crippen molar-refractivity contribution in [1.29, 1.82) is 0 Å². The van der Waals surface area contributed by atoms with Crippen LogP contribution >= 0.6 is 0 Å². The number of carbonyl (C=O) groups excluding carboxylic acids is 2. The maximum Gasteiger partial charge on any atom is 0.339 e. The molecule has 1 unspecified atom stereocenters. The van der Waals surface area contributed by atoms with Crippen molar-refractivity contribution in [2.24, 2.45) is 0 Å². The third kappa shape index (κ3) is 4.47. The van der Waals surface area contributed by atoms with Crippen molar-refractivity contribution in [2.75, 3.05) is 18.4 Å². The molecule has 1 N–H and O–H groups in total. The van der Waals surface area contributed by atoms with Crippen molar-refractivity contribution in [1.82, 2.24) is 14.9 Å². The SMILES string of the molecule is CCN1CCc2nc3ccccc3c(C(=O)OC(C)C(=O)Nc3cc(C)nc4ccccc34)c2C1. The fourth-order valence-corrected chi connectivity index (χ4v) is 4.67. The Hall–Kier alpha value is -3.84. The van der Waals surface area contributed by atoms with E-state index in [1.807, 2.05) is 61.5 Å². The molecule has 0 saturated carbocycles. The Morgan fingerprint density at radius 3 is 2.49 bits per heavy atom. The van der Waals surface area contributed by atoms with E-state index in [9.17, 15) is 9.59 Å². The van der Waals surface area contributed by atoms with Gasteiger partial charge >= 0.3 is 5.97 Å². The fraction of sp³-hybridized carbons (Fsp3) is 0.286. The van der Waals surface area contributed by atoms with Crippen LogP contribution < -0.4 is 5.32 Å². The number of amides is 1. The summed E-state index contributed by atoms with van der Waals surface area (Å²) in [5, 5.41) is 4.50. The number of nitrogens with zero attached hydrogens (tertiary/aromatic N) is 3. The van der Waals surface area contributed by atoms with Gasteiger partial charge in [-0.3, -0.25) is 19.7 Å². The van der Waals surface area contributed by atoms with E-state index >= 15 is 0 Å². The number of anilines is 1. The third-order valence-electron chi connectivity index (χ3n) is 6.53. The molecule has 0 bridgehead atoms. The van der Waals surface area contributed by atoms with Gasteiger partial charge < -0.3 is 10.1 Å². The highest BCUT2D eigenvalue weighted by Gasteiger charge is 2.28. The Kier molecular flexibility index (Phi) is 6.17. The van der Waals surface area contributed by atoms with E-state index in [0.29, 0.717) is 17.8 Å². The molecule has 0 aliphatic carbocycles. The molecule has 0 saturated heterocycles. The number of nitrogens with one attached hydrogen (secondary N) is 1. The largest absolute Gasteiger partial charge is 0.449 e. The van der Waals surface area contributed by atoms with Crippen LogP contribution in [0, 0.1) is 6.92 Å². The summed E-state index contributed by atoms with van der Waals surface area (Å²) >= 11 is 0. The first-order valence-electron chi connectivity index (χ1n) is 12.0. The van der Waals surface area contributed by atoms with E-state index in [1.165, 1.54) is 0 Å². The molecule has 7 heteroatoms. The molecule has 2 aromatic heterocycles. The van der Waals surface area contributed by atoms with Gasteiger partial charge in [-0.1, -0.05) is 43.3 Å². The van der Waals surface area contributed by atoms with Crippen molar-refractivity contribution < 1.29 is 14.3 Å². The maximum atomic E-state index is 13.5. The topological polar surface area (TPSA) is 84.4 Å². The normalized spacial score (nSPS) is 14.5. The van der Waals surface area contributed by atoms with E-state index in [2.05, 4.69) is 22.1 Å². The van der Waals surface area contributed by atoms with Crippen molar-refractivity contribution in [3.63, 3.8) is 0 Å². The van der Waals surface area contributed by atoms with Crippen LogP contribution in [0.3, 0.4) is 0 Å². The number of aryl methyl sites for hydroxylation is 1. The van der Waals surface area contributed by atoms with Crippen LogP contribution in [0.1, 0.15) is 41.2 Å². The molecule has 5 rings (SSSR count). The number of rotatable bonds is 5. The van der Waals surface area contributed by atoms with Gasteiger partial charge in [-0.05, 0) is 38.6 Å². The summed E-state index contributed by atoms with van der Waals surface area (Å²) < 4.78 is 5.74. The predicted molar refractivity (Wildman–Crippen MR) is 136 cm³/mol. The average Bonchev–Trinajstić information content (AvgIpc) is 2.86. The standard InChI is InChI=1S/C28H28N4O3/c1-4-32-14-13-24-21(16-32)26(20-10-6-8-12-23(20)30-24)28(34)35-18(3)27(33)31-25-15-17(2)29-22-11-7-5-9-19(22)25/h5-12,15,18H,4,13-14,16H2,1-3H3,(H,29,31,33). The van der Waals surface area contributed by atoms with E-state index < -0.39 is 18.0 Å². The van der Waals surface area contributed by atoms with Gasteiger partial charge in [0.05, 0.1) is 22.3 Å². The van der Waals surface area contributed by atoms with Gasteiger partial charge in [0.2, 0.25) is 0 Å². The lowest BCUT2D eigenvalue weighted by molar-refractivity contribution is -0.123. The lowest BCUT2D eigenvalue weighted by Gasteiger charge is -2.29. The van der Waals surface area contributed by atoms with Crippen LogP contribution in [0.5, 0.6) is 0 Å². The first-order chi connectivity index (χ1) is 16.9. The molecule has 35 heavy (non-hydrogen) atoms. The first-order valence-corrected chi connectivity index (χ1v) is 12.0. The molecule has 7 nitrogen and oxygen atoms in total. The van der Waals surface area contributed by atoms with Crippen molar-refractivity contribution >= 4 is 39.4 Å². The average molecular weight is 469 g/mol. The molecule has 0 fully saturated rings. The number of benzene rings is 2. The maximum absolute atomic E-state index is 13.5. The summed E-state index contributed by atoms with van der Waals surface area (Å²) in [5.74, 6) is -0.896. The van der Waals surface area contributed by atoms with Crippen molar-refractivity contribution in [3.05, 3.63) is 77.1 Å². The van der Waals surface area contributed by atoms with E-state index in [1.54, 1.807) is 6.92 Å². The summed E-state index contributed by atoms with van der Waals surface area (Å²) in [5.41, 5.74) is 5.32. The van der Waals surface area contributed by atoms with E-state index in [0.717, 1.165) is 58.3 Å². The number of ether oxygens (including phenoxy) is 1. The molecule has 2 aromatic carbocycles. The van der Waals surface area contributed by atoms with E-state index in [4.69, 9.17) is 9.72 Å². The van der Waals surface area contributed by atoms with Gasteiger partial charge in [-0.25, -0.2) is 4.79 Å². The number of para-hydroxylation sites is 2. The molecule has 1 atom stereocenters. The number of likely N-dealkylation sites (N-methyl/N-ethyl adjacent to an activating group) is 1. The molecule has 0 spiro atoms. The van der Waals surface area contributed by atoms with Crippen LogP contribution in [0.4, 0.5) is 5.69 Å². The summed E-state index contributed by atoms with van der Waals surface area (Å²) in [6.07, 6.45) is -0.207. The molecule has 1 amide bonds. The van der Waals surface area contributed by atoms with Gasteiger partial charge in [-0.15, -0.1) is 0 Å². The molecule has 1 aliphatic rings. The molecule has 0 radical (unpaired) electrons. The molecule has 1 aliphatic heterocycles. The number of esters is 1. The highest BCUT2D eigenvalue weighted by molar-refractivity contribution is 6.07. The first kappa shape index (κ1) is 22.9. The van der Waals surface area contributed by atoms with Crippen LogP contribution in [-0.2, 0) is 22.5 Å². The number of hydrogen-bond donors (Lipinski definition) is 1. The van der Waals surface area contributed by atoms with E-state index in [-0.39, 0.29) is 0 Å². The number of fused-ring (bicyclic) bond motifs is 3. The summed E-state index contributed by atoms with van der Waals surface area (Å²) in [6, 6.07) is 17.0. The van der Waals surface area contributed by atoms with Crippen LogP contribution in [0.25, 0.3) is 21.8 Å². The molecular formula is C28H28N4O3. The number of carbonyl (C=O) groups is 2. The van der Waals surface area contributed by atoms with Crippen LogP contribution in [0.15, 0.2) is 54.6 Å². The minimum absolute atomic E-state index is 0.392. The fourth-order valence-electron chi connectivity index (χ4n) is 4.67. The second-order valence-electron chi connectivity index (χ2n) is 8.91. The second kappa shape index (κ2) is 9.43. The van der Waals surface area contributed by atoms with Gasteiger partial charge in [0.15, 0.2) is 6.10 Å². The smallest absolute Gasteiger partial charge is 0.339 e. The Labute approximate surface area is 204 Å². The molecule has 3 heterocycles. The minimum Gasteiger partial charge on any atom is -0.449 e. The number of aromatic nitrogens is 2. The highest BCUT2D eigenvalue weighted by Crippen LogP contribution is 2.29. The monoisotopic (exact) mass is 468 g/mol. The lowest BCUT2D eigenvalue weighted by atomic mass is 9.95. The zero-order valence-corrected chi connectivity index (χ0v) is 20.2. The second-order valence-corrected chi connectivity index (χ2v) is 8.91. The Morgan fingerprint density at radius 1 is 1.06 bits per heavy atom. The third-order valence-corrected chi connectivity index (χ3v) is 6.53. The summed E-state index contributed by atoms with van der Waals surface area (Å²) in [4.78, 5) is 38.2. The Morgan fingerprint density at radius 2 is 1.74 bits per heavy atom. The van der Waals surface area contributed by atoms with Gasteiger partial charge in [0.25, 0.3) is 5.91 Å². The Balaban J connectivity index is 1.43. The Bertz CT molecular complexity index is 1450. The highest BCUT2D eigenvalue weighted by atomic mass is 16.5. The van der Waals surface area contributed by atoms with Crippen molar-refractivity contribution in [2.45, 2.75) is 39.8 Å². The molecule has 4 aromatic rings. The number of pyridine rings is 2. The van der Waals surface area contributed by atoms with Gasteiger partial charge in [0.1, 0.15) is 0 Å². The number of hydrogen-bond acceptors (Lipinski definition) is 6. The van der Waals surface area contributed by atoms with Crippen molar-refractivity contribution in [3.8, 4) is 0 Å². The summed E-state index contributed by atoms with van der Waals surface area (Å²) in [6.45, 7) is 8.01. The van der Waals surface area contributed by atoms with Crippen LogP contribution in [-0.4, -0.2) is 45.9 Å². The van der Waals surface area contributed by atoms with Crippen LogP contribution in [0.2, 0.25) is 0 Å². The van der Waals surface area contributed by atoms with Gasteiger partial charge in [0, 0.05) is 47.2 Å². The quantitative estimate of drug-likeness (QED) is 0.429. The molecule has 178 valence electrons.